The van der Waals surface area contributed by atoms with Crippen LogP contribution in [0.2, 0.25) is 0 Å². The van der Waals surface area contributed by atoms with Gasteiger partial charge in [0.15, 0.2) is 0 Å². The minimum Gasteiger partial charge on any atom is -0.456 e. The van der Waals surface area contributed by atoms with Gasteiger partial charge in [0.1, 0.15) is 5.60 Å². The average Bonchev–Trinajstić information content (AvgIpc) is 2.17. The minimum atomic E-state index is -0.493. The monoisotopic (exact) mass is 204 g/mol. The van der Waals surface area contributed by atoms with Crippen LogP contribution in [-0.2, 0) is 16.0 Å². The molecule has 80 valence electrons. The second-order valence-electron chi connectivity index (χ2n) is 4.05. The Morgan fingerprint density at radius 1 is 1.40 bits per heavy atom. The van der Waals surface area contributed by atoms with Gasteiger partial charge >= 0.3 is 5.97 Å². The number of esters is 1. The summed E-state index contributed by atoms with van der Waals surface area (Å²) in [4.78, 5) is 11.1. The molecule has 15 heavy (non-hydrogen) atoms. The minimum absolute atomic E-state index is 0.379. The third-order valence-electron chi connectivity index (χ3n) is 2.02. The van der Waals surface area contributed by atoms with Gasteiger partial charge in [-0.3, -0.25) is 0 Å². The number of benzene rings is 1. The van der Waals surface area contributed by atoms with Crippen LogP contribution in [0.25, 0.3) is 0 Å². The molecule has 0 N–H and O–H groups in total. The number of carbonyl (C=O) groups excluding carboxylic acids is 1. The summed E-state index contributed by atoms with van der Waals surface area (Å²) in [6, 6.07) is 9.95. The van der Waals surface area contributed by atoms with Crippen LogP contribution in [0.5, 0.6) is 0 Å². The smallest absolute Gasteiger partial charge is 0.330 e. The first-order valence-corrected chi connectivity index (χ1v) is 4.93. The molecule has 0 spiro atoms. The first kappa shape index (κ1) is 11.5. The van der Waals surface area contributed by atoms with E-state index in [9.17, 15) is 4.79 Å². The molecular weight excluding hydrogens is 188 g/mol. The van der Waals surface area contributed by atoms with Crippen LogP contribution < -0.4 is 0 Å². The van der Waals surface area contributed by atoms with Crippen LogP contribution in [0.15, 0.2) is 43.0 Å². The molecular formula is C13H16O2. The number of hydrogen-bond donors (Lipinski definition) is 0. The summed E-state index contributed by atoms with van der Waals surface area (Å²) in [5.74, 6) is -0.379. The van der Waals surface area contributed by atoms with Crippen molar-refractivity contribution in [2.45, 2.75) is 25.9 Å². The third-order valence-corrected chi connectivity index (χ3v) is 2.02. The third kappa shape index (κ3) is 3.98. The highest BCUT2D eigenvalue weighted by Gasteiger charge is 2.21. The van der Waals surface area contributed by atoms with Crippen LogP contribution in [0, 0.1) is 0 Å². The molecule has 0 saturated carbocycles. The predicted molar refractivity (Wildman–Crippen MR) is 60.5 cm³/mol. The van der Waals surface area contributed by atoms with Gasteiger partial charge in [0.25, 0.3) is 0 Å². The summed E-state index contributed by atoms with van der Waals surface area (Å²) in [6.45, 7) is 7.16. The maximum Gasteiger partial charge on any atom is 0.330 e. The van der Waals surface area contributed by atoms with Gasteiger partial charge in [-0.1, -0.05) is 36.9 Å². The second kappa shape index (κ2) is 4.78. The van der Waals surface area contributed by atoms with Gasteiger partial charge < -0.3 is 4.74 Å². The summed E-state index contributed by atoms with van der Waals surface area (Å²) in [7, 11) is 0. The normalized spacial score (nSPS) is 10.8. The highest BCUT2D eigenvalue weighted by Crippen LogP contribution is 2.17. The van der Waals surface area contributed by atoms with Crippen molar-refractivity contribution in [2.24, 2.45) is 0 Å². The Morgan fingerprint density at radius 3 is 2.53 bits per heavy atom. The molecule has 2 nitrogen and oxygen atoms in total. The molecule has 0 aliphatic carbocycles. The molecule has 0 fully saturated rings. The van der Waals surface area contributed by atoms with Crippen molar-refractivity contribution in [3.8, 4) is 0 Å². The quantitative estimate of drug-likeness (QED) is 0.557. The van der Waals surface area contributed by atoms with Crippen molar-refractivity contribution in [3.05, 3.63) is 48.6 Å². The first-order valence-electron chi connectivity index (χ1n) is 4.93. The lowest BCUT2D eigenvalue weighted by Gasteiger charge is -2.24. The van der Waals surface area contributed by atoms with E-state index in [1.54, 1.807) is 0 Å². The molecule has 0 amide bonds. The van der Waals surface area contributed by atoms with Crippen LogP contribution in [-0.4, -0.2) is 11.6 Å². The van der Waals surface area contributed by atoms with Crippen LogP contribution >= 0.6 is 0 Å². The van der Waals surface area contributed by atoms with E-state index < -0.39 is 5.60 Å². The van der Waals surface area contributed by atoms with Gasteiger partial charge in [-0.25, -0.2) is 4.79 Å². The molecule has 0 bridgehead atoms. The standard InChI is InChI=1S/C13H16O2/c1-4-12(14)15-13(2,3)10-11-8-6-5-7-9-11/h4-9H,1,10H2,2-3H3. The molecule has 1 aromatic carbocycles. The SMILES string of the molecule is C=CC(=O)OC(C)(C)Cc1ccccc1. The van der Waals surface area contributed by atoms with Gasteiger partial charge in [-0.05, 0) is 19.4 Å². The number of carbonyl (C=O) groups is 1. The highest BCUT2D eigenvalue weighted by molar-refractivity contribution is 5.81. The summed E-state index contributed by atoms with van der Waals surface area (Å²) in [5.41, 5.74) is 0.659. The van der Waals surface area contributed by atoms with Crippen molar-refractivity contribution in [1.29, 1.82) is 0 Å². The molecule has 0 unspecified atom stereocenters. The molecule has 0 saturated heterocycles. The van der Waals surface area contributed by atoms with E-state index in [0.717, 1.165) is 5.56 Å². The fourth-order valence-corrected chi connectivity index (χ4v) is 1.44. The van der Waals surface area contributed by atoms with Gasteiger partial charge in [0.2, 0.25) is 0 Å². The Bertz CT molecular complexity index is 339. The highest BCUT2D eigenvalue weighted by atomic mass is 16.6. The average molecular weight is 204 g/mol. The summed E-state index contributed by atoms with van der Waals surface area (Å²) in [5, 5.41) is 0. The molecule has 0 heterocycles. The maximum absolute atomic E-state index is 11.1. The zero-order chi connectivity index (χ0) is 11.3. The molecule has 2 heteroatoms. The van der Waals surface area contributed by atoms with E-state index in [2.05, 4.69) is 6.58 Å². The Kier molecular flexibility index (Phi) is 3.67. The largest absolute Gasteiger partial charge is 0.456 e. The fourth-order valence-electron chi connectivity index (χ4n) is 1.44. The number of ether oxygens (including phenoxy) is 1. The van der Waals surface area contributed by atoms with Crippen molar-refractivity contribution in [1.82, 2.24) is 0 Å². The molecule has 0 atom stereocenters. The van der Waals surface area contributed by atoms with Gasteiger partial charge in [-0.15, -0.1) is 0 Å². The van der Waals surface area contributed by atoms with E-state index in [4.69, 9.17) is 4.74 Å². The molecule has 1 aromatic rings. The van der Waals surface area contributed by atoms with Crippen molar-refractivity contribution in [3.63, 3.8) is 0 Å². The maximum atomic E-state index is 11.1. The van der Waals surface area contributed by atoms with Crippen LogP contribution in [0.1, 0.15) is 19.4 Å². The topological polar surface area (TPSA) is 26.3 Å². The van der Waals surface area contributed by atoms with Crippen LogP contribution in [0.4, 0.5) is 0 Å². The molecule has 0 radical (unpaired) electrons. The summed E-state index contributed by atoms with van der Waals surface area (Å²) < 4.78 is 5.23. The van der Waals surface area contributed by atoms with E-state index >= 15 is 0 Å². The lowest BCUT2D eigenvalue weighted by Crippen LogP contribution is -2.29. The molecule has 0 aromatic heterocycles. The first-order chi connectivity index (χ1) is 7.03. The Balaban J connectivity index is 2.64. The van der Waals surface area contributed by atoms with E-state index in [1.165, 1.54) is 6.08 Å². The van der Waals surface area contributed by atoms with E-state index in [-0.39, 0.29) is 5.97 Å². The zero-order valence-corrected chi connectivity index (χ0v) is 9.19. The number of hydrogen-bond acceptors (Lipinski definition) is 2. The second-order valence-corrected chi connectivity index (χ2v) is 4.05. The van der Waals surface area contributed by atoms with Crippen molar-refractivity contribution < 1.29 is 9.53 Å². The summed E-state index contributed by atoms with van der Waals surface area (Å²) in [6.07, 6.45) is 1.89. The number of rotatable bonds is 4. The zero-order valence-electron chi connectivity index (χ0n) is 9.19. The Morgan fingerprint density at radius 2 is 2.00 bits per heavy atom. The van der Waals surface area contributed by atoms with Crippen molar-refractivity contribution >= 4 is 5.97 Å². The van der Waals surface area contributed by atoms with E-state index in [1.807, 2.05) is 44.2 Å². The molecule has 0 aliphatic rings. The predicted octanol–water partition coefficient (Wildman–Crippen LogP) is 2.74. The summed E-state index contributed by atoms with van der Waals surface area (Å²) >= 11 is 0. The lowest BCUT2D eigenvalue weighted by atomic mass is 9.98. The van der Waals surface area contributed by atoms with Crippen LogP contribution in [0.3, 0.4) is 0 Å². The van der Waals surface area contributed by atoms with Gasteiger partial charge in [0, 0.05) is 12.5 Å². The van der Waals surface area contributed by atoms with Crippen molar-refractivity contribution in [2.75, 3.05) is 0 Å². The van der Waals surface area contributed by atoms with Gasteiger partial charge in [-0.2, -0.15) is 0 Å². The lowest BCUT2D eigenvalue weighted by molar-refractivity contribution is -0.149. The Labute approximate surface area is 90.6 Å². The molecule has 0 aliphatic heterocycles. The van der Waals surface area contributed by atoms with Gasteiger partial charge in [0.05, 0.1) is 0 Å². The fraction of sp³-hybridized carbons (Fsp3) is 0.308. The Hall–Kier alpha value is -1.57. The molecule has 1 rings (SSSR count). The van der Waals surface area contributed by atoms with E-state index in [0.29, 0.717) is 6.42 Å².